The Bertz CT molecular complexity index is 304. The summed E-state index contributed by atoms with van der Waals surface area (Å²) in [5.74, 6) is 0. The van der Waals surface area contributed by atoms with Crippen molar-refractivity contribution in [3.8, 4) is 0 Å². The van der Waals surface area contributed by atoms with E-state index >= 15 is 0 Å². The maximum atomic E-state index is 5.98. The molecule has 0 fully saturated rings. The minimum atomic E-state index is 0.294. The number of rotatable bonds is 5. The summed E-state index contributed by atoms with van der Waals surface area (Å²) in [6.45, 7) is 4.29. The minimum Gasteiger partial charge on any atom is -0.327 e. The molecule has 0 aliphatic rings. The molecule has 0 aliphatic carbocycles. The minimum absolute atomic E-state index is 0.294. The Morgan fingerprint density at radius 2 is 2.40 bits per heavy atom. The van der Waals surface area contributed by atoms with Gasteiger partial charge in [-0.05, 0) is 31.4 Å². The Morgan fingerprint density at radius 3 is 3.00 bits per heavy atom. The summed E-state index contributed by atoms with van der Waals surface area (Å²) in [4.78, 5) is 4.08. The Balaban J connectivity index is 2.53. The zero-order valence-electron chi connectivity index (χ0n) is 9.61. The fourth-order valence-electron chi connectivity index (χ4n) is 1.69. The van der Waals surface area contributed by atoms with Crippen molar-refractivity contribution in [1.29, 1.82) is 0 Å². The van der Waals surface area contributed by atoms with Gasteiger partial charge < -0.3 is 5.73 Å². The maximum absolute atomic E-state index is 5.98. The van der Waals surface area contributed by atoms with Crippen LogP contribution in [0, 0.1) is 0 Å². The zero-order valence-corrected chi connectivity index (χ0v) is 9.61. The average molecular weight is 204 g/mol. The summed E-state index contributed by atoms with van der Waals surface area (Å²) in [6.07, 6.45) is 9.04. The van der Waals surface area contributed by atoms with Crippen molar-refractivity contribution in [2.24, 2.45) is 5.73 Å². The van der Waals surface area contributed by atoms with E-state index < -0.39 is 0 Å². The predicted octanol–water partition coefficient (Wildman–Crippen LogP) is 3.00. The highest BCUT2D eigenvalue weighted by atomic mass is 14.6. The molecule has 82 valence electrons. The van der Waals surface area contributed by atoms with Crippen LogP contribution in [0.25, 0.3) is 6.08 Å². The van der Waals surface area contributed by atoms with Gasteiger partial charge in [0.25, 0.3) is 0 Å². The SMILES string of the molecule is CCCC(N)CC(C)=Cc1cccnc1. The van der Waals surface area contributed by atoms with Crippen LogP contribution in [0.4, 0.5) is 0 Å². The van der Waals surface area contributed by atoms with Crippen molar-refractivity contribution in [3.05, 3.63) is 35.7 Å². The Morgan fingerprint density at radius 1 is 1.60 bits per heavy atom. The quantitative estimate of drug-likeness (QED) is 0.800. The third-order valence-corrected chi connectivity index (χ3v) is 2.34. The number of nitrogens with zero attached hydrogens (tertiary/aromatic N) is 1. The first kappa shape index (κ1) is 11.9. The normalized spacial score (nSPS) is 13.9. The lowest BCUT2D eigenvalue weighted by molar-refractivity contribution is 0.599. The van der Waals surface area contributed by atoms with Gasteiger partial charge in [0.05, 0.1) is 0 Å². The van der Waals surface area contributed by atoms with Crippen molar-refractivity contribution < 1.29 is 0 Å². The molecule has 1 atom stereocenters. The lowest BCUT2D eigenvalue weighted by atomic mass is 10.0. The lowest BCUT2D eigenvalue weighted by Crippen LogP contribution is -2.19. The summed E-state index contributed by atoms with van der Waals surface area (Å²) < 4.78 is 0. The molecule has 1 aromatic heterocycles. The predicted molar refractivity (Wildman–Crippen MR) is 65.4 cm³/mol. The molecule has 0 radical (unpaired) electrons. The van der Waals surface area contributed by atoms with Crippen LogP contribution in [-0.2, 0) is 0 Å². The van der Waals surface area contributed by atoms with E-state index in [1.807, 2.05) is 12.3 Å². The van der Waals surface area contributed by atoms with Crippen molar-refractivity contribution in [3.63, 3.8) is 0 Å². The van der Waals surface area contributed by atoms with E-state index in [4.69, 9.17) is 5.73 Å². The molecule has 1 aromatic rings. The summed E-state index contributed by atoms with van der Waals surface area (Å²) in [5.41, 5.74) is 8.46. The van der Waals surface area contributed by atoms with Crippen LogP contribution in [0.1, 0.15) is 38.7 Å². The van der Waals surface area contributed by atoms with Gasteiger partial charge in [-0.2, -0.15) is 0 Å². The highest BCUT2D eigenvalue weighted by molar-refractivity contribution is 5.50. The van der Waals surface area contributed by atoms with Crippen molar-refractivity contribution >= 4 is 6.08 Å². The molecule has 0 aromatic carbocycles. The van der Waals surface area contributed by atoms with Crippen LogP contribution in [-0.4, -0.2) is 11.0 Å². The Labute approximate surface area is 92.2 Å². The topological polar surface area (TPSA) is 38.9 Å². The van der Waals surface area contributed by atoms with E-state index in [0.29, 0.717) is 6.04 Å². The van der Waals surface area contributed by atoms with Crippen LogP contribution < -0.4 is 5.73 Å². The van der Waals surface area contributed by atoms with Crippen molar-refractivity contribution in [1.82, 2.24) is 4.98 Å². The number of aromatic nitrogens is 1. The fraction of sp³-hybridized carbons (Fsp3) is 0.462. The summed E-state index contributed by atoms with van der Waals surface area (Å²) in [5, 5.41) is 0. The van der Waals surface area contributed by atoms with E-state index in [2.05, 4.69) is 31.0 Å². The first-order chi connectivity index (χ1) is 7.22. The molecule has 0 saturated carbocycles. The Kier molecular flexibility index (Phi) is 5.05. The molecule has 1 heterocycles. The van der Waals surface area contributed by atoms with E-state index in [1.54, 1.807) is 6.20 Å². The molecule has 1 rings (SSSR count). The number of hydrogen-bond donors (Lipinski definition) is 1. The van der Waals surface area contributed by atoms with Gasteiger partial charge in [0.1, 0.15) is 0 Å². The van der Waals surface area contributed by atoms with E-state index in [0.717, 1.165) is 24.8 Å². The van der Waals surface area contributed by atoms with Crippen molar-refractivity contribution in [2.45, 2.75) is 39.2 Å². The maximum Gasteiger partial charge on any atom is 0.0340 e. The van der Waals surface area contributed by atoms with Crippen LogP contribution in [0.15, 0.2) is 30.1 Å². The second kappa shape index (κ2) is 6.36. The largest absolute Gasteiger partial charge is 0.327 e. The molecule has 0 saturated heterocycles. The zero-order chi connectivity index (χ0) is 11.1. The van der Waals surface area contributed by atoms with E-state index in [-0.39, 0.29) is 0 Å². The molecule has 0 bridgehead atoms. The monoisotopic (exact) mass is 204 g/mol. The molecule has 2 nitrogen and oxygen atoms in total. The summed E-state index contributed by atoms with van der Waals surface area (Å²) in [7, 11) is 0. The average Bonchev–Trinajstić information content (AvgIpc) is 2.19. The van der Waals surface area contributed by atoms with Gasteiger partial charge >= 0.3 is 0 Å². The highest BCUT2D eigenvalue weighted by Gasteiger charge is 2.01. The van der Waals surface area contributed by atoms with Crippen LogP contribution >= 0.6 is 0 Å². The third kappa shape index (κ3) is 4.75. The molecule has 0 spiro atoms. The Hall–Kier alpha value is -1.15. The number of hydrogen-bond acceptors (Lipinski definition) is 2. The summed E-state index contributed by atoms with van der Waals surface area (Å²) in [6, 6.07) is 4.30. The van der Waals surface area contributed by atoms with Gasteiger partial charge in [0, 0.05) is 18.4 Å². The van der Waals surface area contributed by atoms with Gasteiger partial charge in [-0.25, -0.2) is 0 Å². The van der Waals surface area contributed by atoms with Gasteiger partial charge in [-0.15, -0.1) is 0 Å². The van der Waals surface area contributed by atoms with Crippen LogP contribution in [0.5, 0.6) is 0 Å². The van der Waals surface area contributed by atoms with Crippen LogP contribution in [0.2, 0.25) is 0 Å². The standard InChI is InChI=1S/C13H20N2/c1-3-5-13(14)9-11(2)8-12-6-4-7-15-10-12/h4,6-8,10,13H,3,5,9,14H2,1-2H3. The molecule has 2 heteroatoms. The lowest BCUT2D eigenvalue weighted by Gasteiger charge is -2.10. The van der Waals surface area contributed by atoms with Gasteiger partial charge in [0.15, 0.2) is 0 Å². The second-order valence-corrected chi connectivity index (χ2v) is 4.03. The molecule has 1 unspecified atom stereocenters. The summed E-state index contributed by atoms with van der Waals surface area (Å²) >= 11 is 0. The molecular formula is C13H20N2. The molecular weight excluding hydrogens is 184 g/mol. The van der Waals surface area contributed by atoms with Crippen molar-refractivity contribution in [2.75, 3.05) is 0 Å². The molecule has 2 N–H and O–H groups in total. The van der Waals surface area contributed by atoms with Crippen LogP contribution in [0.3, 0.4) is 0 Å². The fourth-order valence-corrected chi connectivity index (χ4v) is 1.69. The molecule has 0 aliphatic heterocycles. The number of pyridine rings is 1. The highest BCUT2D eigenvalue weighted by Crippen LogP contribution is 2.11. The third-order valence-electron chi connectivity index (χ3n) is 2.34. The van der Waals surface area contributed by atoms with E-state index in [1.165, 1.54) is 5.57 Å². The van der Waals surface area contributed by atoms with Gasteiger partial charge in [-0.1, -0.05) is 31.1 Å². The van der Waals surface area contributed by atoms with E-state index in [9.17, 15) is 0 Å². The number of nitrogens with two attached hydrogens (primary N) is 1. The van der Waals surface area contributed by atoms with Gasteiger partial charge in [-0.3, -0.25) is 4.98 Å². The first-order valence-electron chi connectivity index (χ1n) is 5.55. The molecule has 0 amide bonds. The first-order valence-corrected chi connectivity index (χ1v) is 5.55. The smallest absolute Gasteiger partial charge is 0.0340 e. The molecule has 15 heavy (non-hydrogen) atoms. The second-order valence-electron chi connectivity index (χ2n) is 4.03. The van der Waals surface area contributed by atoms with Gasteiger partial charge in [0.2, 0.25) is 0 Å².